The predicted molar refractivity (Wildman–Crippen MR) is 125 cm³/mol. The molecule has 2 aliphatic rings. The number of carbonyl (C=O) groups excluding carboxylic acids is 3. The molecule has 2 N–H and O–H groups in total. The molecular weight excluding hydrogens is 448 g/mol. The SMILES string of the molecule is COCCNC(=O)c1c(NC(=O)COC(=O)c2csc3c2CCCC3)sc2c1CCCC2. The quantitative estimate of drug-likeness (QED) is 0.447. The number of ether oxygens (including phenoxy) is 2. The van der Waals surface area contributed by atoms with Gasteiger partial charge in [0, 0.05) is 28.8 Å². The van der Waals surface area contributed by atoms with Crippen LogP contribution in [0.2, 0.25) is 0 Å². The monoisotopic (exact) mass is 476 g/mol. The first-order valence-electron chi connectivity index (χ1n) is 11.1. The molecule has 9 heteroatoms. The van der Waals surface area contributed by atoms with Crippen molar-refractivity contribution in [3.8, 4) is 0 Å². The van der Waals surface area contributed by atoms with Gasteiger partial charge in [0.25, 0.3) is 11.8 Å². The number of rotatable bonds is 8. The van der Waals surface area contributed by atoms with Gasteiger partial charge >= 0.3 is 5.97 Å². The van der Waals surface area contributed by atoms with E-state index in [0.717, 1.165) is 67.4 Å². The highest BCUT2D eigenvalue weighted by atomic mass is 32.1. The van der Waals surface area contributed by atoms with Gasteiger partial charge in [0.15, 0.2) is 6.61 Å². The molecule has 0 saturated heterocycles. The van der Waals surface area contributed by atoms with Crippen molar-refractivity contribution >= 4 is 45.5 Å². The summed E-state index contributed by atoms with van der Waals surface area (Å²) < 4.78 is 10.3. The van der Waals surface area contributed by atoms with Gasteiger partial charge in [-0.2, -0.15) is 0 Å². The van der Waals surface area contributed by atoms with Gasteiger partial charge in [-0.05, 0) is 62.5 Å². The van der Waals surface area contributed by atoms with E-state index in [4.69, 9.17) is 9.47 Å². The van der Waals surface area contributed by atoms with Crippen molar-refractivity contribution in [3.05, 3.63) is 37.4 Å². The molecule has 0 saturated carbocycles. The van der Waals surface area contributed by atoms with Gasteiger partial charge in [-0.1, -0.05) is 0 Å². The zero-order chi connectivity index (χ0) is 22.5. The molecule has 0 unspecified atom stereocenters. The van der Waals surface area contributed by atoms with E-state index in [0.29, 0.717) is 29.3 Å². The summed E-state index contributed by atoms with van der Waals surface area (Å²) >= 11 is 3.04. The van der Waals surface area contributed by atoms with Gasteiger partial charge in [0.2, 0.25) is 0 Å². The zero-order valence-corrected chi connectivity index (χ0v) is 19.8. The van der Waals surface area contributed by atoms with E-state index in [1.807, 2.05) is 5.38 Å². The van der Waals surface area contributed by atoms with Crippen molar-refractivity contribution in [2.24, 2.45) is 0 Å². The molecule has 172 valence electrons. The maximum atomic E-state index is 12.8. The van der Waals surface area contributed by atoms with Gasteiger partial charge in [0.1, 0.15) is 5.00 Å². The third kappa shape index (κ3) is 5.05. The lowest BCUT2D eigenvalue weighted by Gasteiger charge is -2.13. The first kappa shape index (κ1) is 22.9. The fourth-order valence-corrected chi connectivity index (χ4v) is 6.70. The number of hydrogen-bond donors (Lipinski definition) is 2. The van der Waals surface area contributed by atoms with Crippen molar-refractivity contribution in [3.63, 3.8) is 0 Å². The van der Waals surface area contributed by atoms with Crippen molar-refractivity contribution in [1.82, 2.24) is 5.32 Å². The Hall–Kier alpha value is -2.23. The van der Waals surface area contributed by atoms with E-state index in [1.165, 1.54) is 16.2 Å². The molecule has 0 spiro atoms. The normalized spacial score (nSPS) is 14.9. The molecule has 4 rings (SSSR count). The van der Waals surface area contributed by atoms with Crippen molar-refractivity contribution in [2.75, 3.05) is 32.2 Å². The lowest BCUT2D eigenvalue weighted by Crippen LogP contribution is -2.29. The highest BCUT2D eigenvalue weighted by Gasteiger charge is 2.27. The van der Waals surface area contributed by atoms with Crippen LogP contribution in [0, 0.1) is 0 Å². The van der Waals surface area contributed by atoms with Crippen molar-refractivity contribution < 1.29 is 23.9 Å². The van der Waals surface area contributed by atoms with Gasteiger partial charge in [-0.15, -0.1) is 22.7 Å². The van der Waals surface area contributed by atoms with E-state index >= 15 is 0 Å². The number of nitrogens with one attached hydrogen (secondary N) is 2. The molecule has 2 aromatic heterocycles. The van der Waals surface area contributed by atoms with Crippen LogP contribution in [0.1, 0.15) is 67.3 Å². The Bertz CT molecular complexity index is 1010. The lowest BCUT2D eigenvalue weighted by atomic mass is 9.95. The molecule has 2 aromatic rings. The van der Waals surface area contributed by atoms with Crippen LogP contribution in [-0.4, -0.2) is 44.7 Å². The smallest absolute Gasteiger partial charge is 0.339 e. The third-order valence-corrected chi connectivity index (χ3v) is 8.15. The van der Waals surface area contributed by atoms with Crippen LogP contribution in [0.5, 0.6) is 0 Å². The van der Waals surface area contributed by atoms with Gasteiger partial charge in [0.05, 0.1) is 17.7 Å². The van der Waals surface area contributed by atoms with E-state index in [9.17, 15) is 14.4 Å². The maximum absolute atomic E-state index is 12.8. The summed E-state index contributed by atoms with van der Waals surface area (Å²) in [7, 11) is 1.58. The molecule has 32 heavy (non-hydrogen) atoms. The Morgan fingerprint density at radius 2 is 1.72 bits per heavy atom. The molecule has 2 heterocycles. The summed E-state index contributed by atoms with van der Waals surface area (Å²) in [6.07, 6.45) is 7.95. The number of thiophene rings is 2. The summed E-state index contributed by atoms with van der Waals surface area (Å²) in [4.78, 5) is 40.4. The van der Waals surface area contributed by atoms with Crippen LogP contribution >= 0.6 is 22.7 Å². The number of amides is 2. The molecule has 0 fully saturated rings. The average molecular weight is 477 g/mol. The van der Waals surface area contributed by atoms with Gasteiger partial charge < -0.3 is 20.1 Å². The second-order valence-corrected chi connectivity index (χ2v) is 10.1. The Morgan fingerprint density at radius 1 is 1.00 bits per heavy atom. The Labute approximate surface area is 195 Å². The topological polar surface area (TPSA) is 93.7 Å². The van der Waals surface area contributed by atoms with Crippen molar-refractivity contribution in [2.45, 2.75) is 51.4 Å². The number of hydrogen-bond acceptors (Lipinski definition) is 7. The minimum Gasteiger partial charge on any atom is -0.452 e. The Morgan fingerprint density at radius 3 is 2.50 bits per heavy atom. The summed E-state index contributed by atoms with van der Waals surface area (Å²) in [6.45, 7) is 0.439. The number of carbonyl (C=O) groups is 3. The molecule has 2 aliphatic carbocycles. The van der Waals surface area contributed by atoms with Gasteiger partial charge in [-0.3, -0.25) is 9.59 Å². The molecule has 2 amide bonds. The predicted octanol–water partition coefficient (Wildman–Crippen LogP) is 3.74. The van der Waals surface area contributed by atoms with Crippen LogP contribution in [0.15, 0.2) is 5.38 Å². The second kappa shape index (κ2) is 10.6. The van der Waals surface area contributed by atoms with Gasteiger partial charge in [-0.25, -0.2) is 4.79 Å². The van der Waals surface area contributed by atoms with E-state index in [2.05, 4.69) is 10.6 Å². The summed E-state index contributed by atoms with van der Waals surface area (Å²) in [5.41, 5.74) is 3.22. The van der Waals surface area contributed by atoms with Crippen LogP contribution in [0.3, 0.4) is 0 Å². The van der Waals surface area contributed by atoms with Crippen LogP contribution in [0.25, 0.3) is 0 Å². The molecule has 7 nitrogen and oxygen atoms in total. The molecule has 0 radical (unpaired) electrons. The summed E-state index contributed by atoms with van der Waals surface area (Å²) in [5, 5.41) is 8.04. The highest BCUT2D eigenvalue weighted by Crippen LogP contribution is 2.38. The standard InChI is InChI=1S/C23H28N2O5S2/c1-29-11-10-24-21(27)20-15-7-3-5-9-18(15)32-22(20)25-19(26)12-30-23(28)16-13-31-17-8-4-2-6-14(16)17/h13H,2-12H2,1H3,(H,24,27)(H,25,26). The number of esters is 1. The third-order valence-electron chi connectivity index (χ3n) is 5.86. The summed E-state index contributed by atoms with van der Waals surface area (Å²) in [6, 6.07) is 0. The molecule has 0 bridgehead atoms. The van der Waals surface area contributed by atoms with E-state index in [1.54, 1.807) is 18.4 Å². The lowest BCUT2D eigenvalue weighted by molar-refractivity contribution is -0.119. The maximum Gasteiger partial charge on any atom is 0.339 e. The van der Waals surface area contributed by atoms with Crippen molar-refractivity contribution in [1.29, 1.82) is 0 Å². The van der Waals surface area contributed by atoms with Crippen LogP contribution in [0.4, 0.5) is 5.00 Å². The molecular formula is C23H28N2O5S2. The minimum atomic E-state index is -0.456. The molecule has 0 aliphatic heterocycles. The summed E-state index contributed by atoms with van der Waals surface area (Å²) in [5.74, 6) is -1.10. The molecule has 0 atom stereocenters. The largest absolute Gasteiger partial charge is 0.452 e. The second-order valence-electron chi connectivity index (χ2n) is 8.05. The first-order chi connectivity index (χ1) is 15.6. The fraction of sp³-hybridized carbons (Fsp3) is 0.522. The minimum absolute atomic E-state index is 0.210. The van der Waals surface area contributed by atoms with Crippen LogP contribution < -0.4 is 10.6 Å². The number of methoxy groups -OCH3 is 1. The first-order valence-corrected chi connectivity index (χ1v) is 12.8. The number of anilines is 1. The number of aryl methyl sites for hydroxylation is 2. The molecule has 0 aromatic carbocycles. The van der Waals surface area contributed by atoms with E-state index < -0.39 is 11.9 Å². The van der Waals surface area contributed by atoms with Crippen LogP contribution in [-0.2, 0) is 40.0 Å². The Kier molecular flexibility index (Phi) is 7.59. The fourth-order valence-electron chi connectivity index (χ4n) is 4.29. The van der Waals surface area contributed by atoms with E-state index in [-0.39, 0.29) is 12.5 Å². The zero-order valence-electron chi connectivity index (χ0n) is 18.2. The highest BCUT2D eigenvalue weighted by molar-refractivity contribution is 7.17. The Balaban J connectivity index is 1.41. The average Bonchev–Trinajstić information content (AvgIpc) is 3.39. The number of fused-ring (bicyclic) bond motifs is 2.